The number of halogens is 1. The molecule has 0 bridgehead atoms. The smallest absolute Gasteiger partial charge is 0.272 e. The summed E-state index contributed by atoms with van der Waals surface area (Å²) in [4.78, 5) is 31.5. The van der Waals surface area contributed by atoms with Crippen molar-refractivity contribution in [3.8, 4) is 0 Å². The van der Waals surface area contributed by atoms with E-state index in [0.717, 1.165) is 36.1 Å². The maximum Gasteiger partial charge on any atom is 0.272 e. The van der Waals surface area contributed by atoms with Gasteiger partial charge in [-0.05, 0) is 49.8 Å². The fourth-order valence-corrected chi connectivity index (χ4v) is 3.12. The summed E-state index contributed by atoms with van der Waals surface area (Å²) >= 11 is 0. The average Bonchev–Trinajstić information content (AvgIpc) is 2.86. The van der Waals surface area contributed by atoms with Crippen molar-refractivity contribution in [1.29, 1.82) is 0 Å². The summed E-state index contributed by atoms with van der Waals surface area (Å²) in [6, 6.07) is 0. The van der Waals surface area contributed by atoms with Crippen molar-refractivity contribution < 1.29 is 14.0 Å². The van der Waals surface area contributed by atoms with Gasteiger partial charge in [0.1, 0.15) is 5.71 Å². The van der Waals surface area contributed by atoms with Gasteiger partial charge in [-0.3, -0.25) is 19.0 Å². The minimum Gasteiger partial charge on any atom is -0.353 e. The normalized spacial score (nSPS) is 13.9. The first-order valence-corrected chi connectivity index (χ1v) is 13.0. The van der Waals surface area contributed by atoms with Gasteiger partial charge in [-0.2, -0.15) is 0 Å². The van der Waals surface area contributed by atoms with Crippen molar-refractivity contribution in [2.45, 2.75) is 74.7 Å². The zero-order chi connectivity index (χ0) is 29.0. The zero-order valence-corrected chi connectivity index (χ0v) is 24.7. The molecule has 0 aromatic heterocycles. The molecule has 0 aromatic rings. The first kappa shape index (κ1) is 36.4. The van der Waals surface area contributed by atoms with Crippen LogP contribution in [0.3, 0.4) is 0 Å². The largest absolute Gasteiger partial charge is 0.353 e. The third-order valence-corrected chi connectivity index (χ3v) is 5.50. The number of hydrogen-bond donors (Lipinski definition) is 2. The van der Waals surface area contributed by atoms with Crippen molar-refractivity contribution in [2.24, 2.45) is 22.1 Å². The van der Waals surface area contributed by atoms with Gasteiger partial charge < -0.3 is 16.0 Å². The second-order valence-corrected chi connectivity index (χ2v) is 9.75. The maximum atomic E-state index is 13.7. The standard InChI is InChI=1S/C29H48N4O2.CH3F/c1-10-13-14-25(16-15-22(4)12-3)23(5)20-24(6)33(19-18-31-26(34)21-30)28(35)27(29(7,8)9)32-17-11-2;1-2/h11,13-14,16-17,20,22H,5,10,12,15,18-19,21,30H2,1-4,6-9H3,(H,31,34);1H3/b14-13-,17-11+,24-20+,25-16+,32-27?;. The molecule has 0 aliphatic heterocycles. The Kier molecular flexibility index (Phi) is 19.9. The van der Waals surface area contributed by atoms with Gasteiger partial charge in [-0.25, -0.2) is 0 Å². The van der Waals surface area contributed by atoms with E-state index in [2.05, 4.69) is 55.9 Å². The topological polar surface area (TPSA) is 87.8 Å². The molecular formula is C30H51FN4O2. The van der Waals surface area contributed by atoms with Crippen LogP contribution < -0.4 is 11.1 Å². The van der Waals surface area contributed by atoms with E-state index in [1.54, 1.807) is 17.2 Å². The first-order chi connectivity index (χ1) is 17.4. The molecule has 0 fully saturated rings. The van der Waals surface area contributed by atoms with E-state index in [0.29, 0.717) is 25.4 Å². The predicted molar refractivity (Wildman–Crippen MR) is 157 cm³/mol. The summed E-state index contributed by atoms with van der Waals surface area (Å²) in [5.41, 5.74) is 8.01. The van der Waals surface area contributed by atoms with Crippen LogP contribution in [-0.2, 0) is 9.59 Å². The quantitative estimate of drug-likeness (QED) is 0.209. The van der Waals surface area contributed by atoms with Crippen LogP contribution in [0.1, 0.15) is 74.7 Å². The van der Waals surface area contributed by atoms with E-state index < -0.39 is 5.41 Å². The summed E-state index contributed by atoms with van der Waals surface area (Å²) in [5.74, 6) is 0.120. The number of nitrogens with zero attached hydrogens (tertiary/aromatic N) is 2. The van der Waals surface area contributed by atoms with Gasteiger partial charge in [0, 0.05) is 30.4 Å². The molecule has 2 amide bonds. The first-order valence-electron chi connectivity index (χ1n) is 13.0. The third kappa shape index (κ3) is 15.1. The minimum atomic E-state index is -0.460. The van der Waals surface area contributed by atoms with E-state index in [4.69, 9.17) is 5.73 Å². The van der Waals surface area contributed by atoms with Crippen molar-refractivity contribution in [2.75, 3.05) is 26.8 Å². The van der Waals surface area contributed by atoms with Gasteiger partial charge >= 0.3 is 0 Å². The molecule has 1 atom stereocenters. The van der Waals surface area contributed by atoms with Crippen molar-refractivity contribution >= 4 is 17.5 Å². The molecule has 7 heteroatoms. The summed E-state index contributed by atoms with van der Waals surface area (Å²) in [6.45, 7) is 20.9. The van der Waals surface area contributed by atoms with Crippen LogP contribution in [0.5, 0.6) is 0 Å². The maximum absolute atomic E-state index is 13.7. The van der Waals surface area contributed by atoms with Crippen LogP contribution in [0, 0.1) is 11.3 Å². The molecule has 6 nitrogen and oxygen atoms in total. The van der Waals surface area contributed by atoms with Crippen molar-refractivity contribution in [3.63, 3.8) is 0 Å². The van der Waals surface area contributed by atoms with Crippen molar-refractivity contribution in [3.05, 3.63) is 60.0 Å². The summed E-state index contributed by atoms with van der Waals surface area (Å²) in [7, 11) is 0.500. The molecular weight excluding hydrogens is 467 g/mol. The third-order valence-electron chi connectivity index (χ3n) is 5.50. The molecule has 3 N–H and O–H groups in total. The number of carbonyl (C=O) groups is 2. The molecule has 0 saturated carbocycles. The molecule has 0 spiro atoms. The van der Waals surface area contributed by atoms with Gasteiger partial charge in [0.05, 0.1) is 13.7 Å². The number of rotatable bonds is 14. The minimum absolute atomic E-state index is 0.0936. The summed E-state index contributed by atoms with van der Waals surface area (Å²) in [6.07, 6.45) is 14.8. The highest BCUT2D eigenvalue weighted by Gasteiger charge is 2.30. The van der Waals surface area contributed by atoms with E-state index in [1.165, 1.54) is 0 Å². The fraction of sp³-hybridized carbons (Fsp3) is 0.567. The van der Waals surface area contributed by atoms with E-state index in [-0.39, 0.29) is 24.9 Å². The van der Waals surface area contributed by atoms with Crippen LogP contribution >= 0.6 is 0 Å². The van der Waals surface area contributed by atoms with Crippen LogP contribution in [0.2, 0.25) is 0 Å². The molecule has 37 heavy (non-hydrogen) atoms. The number of nitrogens with one attached hydrogen (secondary N) is 1. The van der Waals surface area contributed by atoms with Gasteiger partial charge in [0.2, 0.25) is 5.91 Å². The average molecular weight is 519 g/mol. The van der Waals surface area contributed by atoms with Crippen molar-refractivity contribution in [1.82, 2.24) is 10.2 Å². The molecule has 0 rings (SSSR count). The number of hydrogen-bond acceptors (Lipinski definition) is 4. The molecule has 0 aliphatic rings. The Hall–Kier alpha value is -2.80. The van der Waals surface area contributed by atoms with Gasteiger partial charge in [0.25, 0.3) is 5.91 Å². The highest BCUT2D eigenvalue weighted by atomic mass is 19.1. The molecule has 0 radical (unpaired) electrons. The lowest BCUT2D eigenvalue weighted by molar-refractivity contribution is -0.124. The number of amides is 2. The Morgan fingerprint density at radius 2 is 1.84 bits per heavy atom. The van der Waals surface area contributed by atoms with Crippen LogP contribution in [0.15, 0.2) is 65.0 Å². The van der Waals surface area contributed by atoms with Crippen LogP contribution in [0.4, 0.5) is 4.39 Å². The highest BCUT2D eigenvalue weighted by Crippen LogP contribution is 2.22. The Labute approximate surface area is 225 Å². The van der Waals surface area contributed by atoms with Gasteiger partial charge in [0.15, 0.2) is 0 Å². The molecule has 0 aromatic carbocycles. The van der Waals surface area contributed by atoms with Gasteiger partial charge in [-0.1, -0.05) is 78.8 Å². The summed E-state index contributed by atoms with van der Waals surface area (Å²) in [5, 5.41) is 2.75. The number of carbonyl (C=O) groups excluding carboxylic acids is 2. The van der Waals surface area contributed by atoms with Gasteiger partial charge in [-0.15, -0.1) is 0 Å². The Bertz CT molecular complexity index is 861. The molecule has 0 saturated heterocycles. The number of nitrogens with two attached hydrogens (primary N) is 1. The number of aliphatic imine (C=N–C) groups is 1. The molecule has 0 aliphatic carbocycles. The number of alkyl halides is 1. The second-order valence-electron chi connectivity index (χ2n) is 9.75. The Balaban J connectivity index is 0. The van der Waals surface area contributed by atoms with E-state index >= 15 is 0 Å². The summed E-state index contributed by atoms with van der Waals surface area (Å²) < 4.78 is 9.50. The van der Waals surface area contributed by atoms with E-state index in [9.17, 15) is 14.0 Å². The van der Waals surface area contributed by atoms with Crippen LogP contribution in [-0.4, -0.2) is 49.2 Å². The Morgan fingerprint density at radius 3 is 2.32 bits per heavy atom. The van der Waals surface area contributed by atoms with E-state index in [1.807, 2.05) is 40.7 Å². The monoisotopic (exact) mass is 518 g/mol. The molecule has 0 heterocycles. The molecule has 210 valence electrons. The predicted octanol–water partition coefficient (Wildman–Crippen LogP) is 6.29. The SMILES string of the molecule is C=C(/C=C(\C)N(CCNC(=O)CN)C(=O)C(=N/C=C/C)C(C)(C)C)C(/C=C\CC)=C/CC(C)CC.CF. The zero-order valence-electron chi connectivity index (χ0n) is 24.7. The van der Waals surface area contributed by atoms with Crippen LogP contribution in [0.25, 0.3) is 0 Å². The number of allylic oxidation sites excluding steroid dienone is 8. The Morgan fingerprint density at radius 1 is 1.22 bits per heavy atom. The molecule has 1 unspecified atom stereocenters. The lowest BCUT2D eigenvalue weighted by Gasteiger charge is -2.29. The lowest BCUT2D eigenvalue weighted by Crippen LogP contribution is -2.45. The second kappa shape index (κ2) is 20.3. The fourth-order valence-electron chi connectivity index (χ4n) is 3.12. The lowest BCUT2D eigenvalue weighted by atomic mass is 9.88. The highest BCUT2D eigenvalue weighted by molar-refractivity contribution is 6.41.